The fraction of sp³-hybridized carbons (Fsp3) is 0.0145. The highest BCUT2D eigenvalue weighted by molar-refractivity contribution is 6.11. The summed E-state index contributed by atoms with van der Waals surface area (Å²) in [5, 5.41) is 7.30. The molecule has 14 rings (SSSR count). The van der Waals surface area contributed by atoms with Crippen molar-refractivity contribution in [1.82, 2.24) is 4.57 Å². The van der Waals surface area contributed by atoms with E-state index < -0.39 is 5.41 Å². The Balaban J connectivity index is 0.938. The molecular formula is C69H46N2. The van der Waals surface area contributed by atoms with Crippen LogP contribution in [0.25, 0.3) is 82.4 Å². The molecule has 0 unspecified atom stereocenters. The molecule has 2 nitrogen and oxygen atoms in total. The highest BCUT2D eigenvalue weighted by Crippen LogP contribution is 2.58. The van der Waals surface area contributed by atoms with E-state index >= 15 is 0 Å². The van der Waals surface area contributed by atoms with E-state index in [4.69, 9.17) is 0 Å². The molecule has 0 atom stereocenters. The normalized spacial score (nSPS) is 12.6. The second-order valence-electron chi connectivity index (χ2n) is 18.7. The molecule has 1 heterocycles. The summed E-state index contributed by atoms with van der Waals surface area (Å²) in [6.07, 6.45) is 0. The van der Waals surface area contributed by atoms with E-state index in [1.165, 1.54) is 93.5 Å². The SMILES string of the molecule is c1ccc(C2(c3ccccc3)c3ccccc3-c3cccc(-n4c5ccccc5c5ccc(-c6ccc(-c7ccccc7N(c7cccc8ccccc78)c7cccc8ccccc78)cc6)cc54)c32)cc1. The fourth-order valence-corrected chi connectivity index (χ4v) is 12.0. The van der Waals surface area contributed by atoms with Crippen LogP contribution in [-0.4, -0.2) is 4.57 Å². The number of benzene rings is 12. The molecule has 0 spiro atoms. The maximum absolute atomic E-state index is 2.54. The number of rotatable bonds is 8. The molecule has 1 aliphatic carbocycles. The topological polar surface area (TPSA) is 8.17 Å². The van der Waals surface area contributed by atoms with Crippen LogP contribution in [0.4, 0.5) is 17.1 Å². The van der Waals surface area contributed by atoms with Crippen LogP contribution in [0.3, 0.4) is 0 Å². The third kappa shape index (κ3) is 6.28. The van der Waals surface area contributed by atoms with E-state index in [1.807, 2.05) is 0 Å². The predicted molar refractivity (Wildman–Crippen MR) is 299 cm³/mol. The number of anilines is 3. The fourth-order valence-electron chi connectivity index (χ4n) is 12.0. The average Bonchev–Trinajstić information content (AvgIpc) is 3.95. The summed E-state index contributed by atoms with van der Waals surface area (Å²) in [6.45, 7) is 0. The van der Waals surface area contributed by atoms with Gasteiger partial charge in [-0.2, -0.15) is 0 Å². The molecule has 12 aromatic carbocycles. The summed E-state index contributed by atoms with van der Waals surface area (Å²) >= 11 is 0. The van der Waals surface area contributed by atoms with Crippen LogP contribution in [0.1, 0.15) is 22.3 Å². The van der Waals surface area contributed by atoms with Crippen molar-refractivity contribution in [2.75, 3.05) is 4.90 Å². The van der Waals surface area contributed by atoms with Gasteiger partial charge in [0, 0.05) is 32.7 Å². The van der Waals surface area contributed by atoms with Crippen LogP contribution in [0.15, 0.2) is 279 Å². The minimum atomic E-state index is -0.552. The first-order valence-electron chi connectivity index (χ1n) is 24.6. The molecule has 1 aliphatic rings. The van der Waals surface area contributed by atoms with Gasteiger partial charge in [-0.1, -0.05) is 243 Å². The monoisotopic (exact) mass is 902 g/mol. The lowest BCUT2D eigenvalue weighted by Crippen LogP contribution is -2.29. The number of hydrogen-bond donors (Lipinski definition) is 0. The zero-order valence-electron chi connectivity index (χ0n) is 39.0. The second kappa shape index (κ2) is 16.5. The van der Waals surface area contributed by atoms with Gasteiger partial charge in [0.2, 0.25) is 0 Å². The minimum Gasteiger partial charge on any atom is -0.309 e. The number of hydrogen-bond acceptors (Lipinski definition) is 1. The van der Waals surface area contributed by atoms with Crippen LogP contribution in [0, 0.1) is 0 Å². The van der Waals surface area contributed by atoms with E-state index in [0.717, 1.165) is 28.2 Å². The third-order valence-corrected chi connectivity index (χ3v) is 15.1. The van der Waals surface area contributed by atoms with Gasteiger partial charge in [0.25, 0.3) is 0 Å². The molecule has 332 valence electrons. The Labute approximate surface area is 413 Å². The molecule has 0 bridgehead atoms. The standard InChI is InChI=1S/C69H46N2/c1-3-24-52(25-4-1)69(53-26-5-2-6-27-53)61-34-14-11-31-57(61)60-33-19-39-66(68(60)69)71-65-36-16-13-32-58(65)59-45-44-51(46-67(59)71)47-40-42-50(43-41-47)56-30-12-15-35-62(56)70(63-37-17-22-48-20-7-9-28-54(48)63)64-38-18-23-49-21-8-10-29-55(49)64/h1-46H. The minimum absolute atomic E-state index is 0.552. The van der Waals surface area contributed by atoms with Crippen molar-refractivity contribution in [2.45, 2.75) is 5.41 Å². The Kier molecular flexibility index (Phi) is 9.47. The van der Waals surface area contributed by atoms with Crippen molar-refractivity contribution in [2.24, 2.45) is 0 Å². The van der Waals surface area contributed by atoms with Gasteiger partial charge in [0.15, 0.2) is 0 Å². The summed E-state index contributed by atoms with van der Waals surface area (Å²) < 4.78 is 2.54. The largest absolute Gasteiger partial charge is 0.309 e. The Morgan fingerprint density at radius 2 is 0.775 bits per heavy atom. The lowest BCUT2D eigenvalue weighted by Gasteiger charge is -2.35. The van der Waals surface area contributed by atoms with E-state index in [-0.39, 0.29) is 0 Å². The predicted octanol–water partition coefficient (Wildman–Crippen LogP) is 18.3. The smallest absolute Gasteiger partial charge is 0.0734 e. The highest BCUT2D eigenvalue weighted by Gasteiger charge is 2.48. The molecule has 0 aliphatic heterocycles. The molecule has 1 aromatic heterocycles. The second-order valence-corrected chi connectivity index (χ2v) is 18.7. The molecule has 0 N–H and O–H groups in total. The number of nitrogens with zero attached hydrogens (tertiary/aromatic N) is 2. The third-order valence-electron chi connectivity index (χ3n) is 15.1. The first kappa shape index (κ1) is 40.8. The van der Waals surface area contributed by atoms with E-state index in [0.29, 0.717) is 0 Å². The zero-order chi connectivity index (χ0) is 46.9. The van der Waals surface area contributed by atoms with Crippen molar-refractivity contribution in [3.63, 3.8) is 0 Å². The summed E-state index contributed by atoms with van der Waals surface area (Å²) in [6, 6.07) is 103. The maximum atomic E-state index is 2.54. The van der Waals surface area contributed by atoms with Gasteiger partial charge in [-0.3, -0.25) is 0 Å². The van der Waals surface area contributed by atoms with Gasteiger partial charge in [-0.05, 0) is 91.7 Å². The Hall–Kier alpha value is -9.24. The Bertz CT molecular complexity index is 4040. The molecule has 0 radical (unpaired) electrons. The van der Waals surface area contributed by atoms with Gasteiger partial charge in [0.1, 0.15) is 0 Å². The van der Waals surface area contributed by atoms with Crippen molar-refractivity contribution in [3.05, 3.63) is 301 Å². The van der Waals surface area contributed by atoms with E-state index in [1.54, 1.807) is 0 Å². The van der Waals surface area contributed by atoms with E-state index in [9.17, 15) is 0 Å². The summed E-state index contributed by atoms with van der Waals surface area (Å²) in [4.78, 5) is 2.46. The highest BCUT2D eigenvalue weighted by atomic mass is 15.1. The summed E-state index contributed by atoms with van der Waals surface area (Å²) in [7, 11) is 0. The molecule has 0 amide bonds. The molecule has 13 aromatic rings. The summed E-state index contributed by atoms with van der Waals surface area (Å²) in [5.41, 5.74) is 18.7. The van der Waals surface area contributed by atoms with Crippen molar-refractivity contribution in [1.29, 1.82) is 0 Å². The number of para-hydroxylation sites is 2. The van der Waals surface area contributed by atoms with Crippen LogP contribution in [0.2, 0.25) is 0 Å². The van der Waals surface area contributed by atoms with Crippen molar-refractivity contribution < 1.29 is 0 Å². The van der Waals surface area contributed by atoms with Gasteiger partial charge in [0.05, 0.1) is 39.2 Å². The van der Waals surface area contributed by atoms with Crippen molar-refractivity contribution >= 4 is 60.4 Å². The first-order chi connectivity index (χ1) is 35.3. The number of fused-ring (bicyclic) bond motifs is 8. The molecule has 0 saturated heterocycles. The lowest BCUT2D eigenvalue weighted by molar-refractivity contribution is 0.762. The van der Waals surface area contributed by atoms with Gasteiger partial charge >= 0.3 is 0 Å². The van der Waals surface area contributed by atoms with Crippen LogP contribution < -0.4 is 4.90 Å². The van der Waals surface area contributed by atoms with Crippen LogP contribution in [-0.2, 0) is 5.41 Å². The molecule has 0 saturated carbocycles. The quantitative estimate of drug-likeness (QED) is 0.147. The van der Waals surface area contributed by atoms with Crippen molar-refractivity contribution in [3.8, 4) is 39.1 Å². The maximum Gasteiger partial charge on any atom is 0.0734 e. The lowest BCUT2D eigenvalue weighted by atomic mass is 9.67. The van der Waals surface area contributed by atoms with Gasteiger partial charge < -0.3 is 9.47 Å². The van der Waals surface area contributed by atoms with Crippen LogP contribution in [0.5, 0.6) is 0 Å². The molecule has 71 heavy (non-hydrogen) atoms. The zero-order valence-corrected chi connectivity index (χ0v) is 39.0. The molecular weight excluding hydrogens is 857 g/mol. The Morgan fingerprint density at radius 3 is 1.46 bits per heavy atom. The van der Waals surface area contributed by atoms with Gasteiger partial charge in [-0.15, -0.1) is 0 Å². The summed E-state index contributed by atoms with van der Waals surface area (Å²) in [5.74, 6) is 0. The average molecular weight is 903 g/mol. The first-order valence-corrected chi connectivity index (χ1v) is 24.6. The van der Waals surface area contributed by atoms with Crippen LogP contribution >= 0.6 is 0 Å². The van der Waals surface area contributed by atoms with Gasteiger partial charge in [-0.25, -0.2) is 0 Å². The molecule has 0 fully saturated rings. The Morgan fingerprint density at radius 1 is 0.296 bits per heavy atom. The van der Waals surface area contributed by atoms with E-state index in [2.05, 4.69) is 289 Å². The number of aromatic nitrogens is 1. The molecule has 2 heteroatoms.